The second-order valence-corrected chi connectivity index (χ2v) is 7.46. The molecule has 0 unspecified atom stereocenters. The van der Waals surface area contributed by atoms with Crippen molar-refractivity contribution in [2.24, 2.45) is 5.14 Å². The van der Waals surface area contributed by atoms with Crippen molar-refractivity contribution in [3.63, 3.8) is 0 Å². The molecular weight excluding hydrogens is 368 g/mol. The first-order chi connectivity index (χ1) is 12.9. The molecule has 0 bridgehead atoms. The molecular formula is C19H24N2O5S. The Morgan fingerprint density at radius 3 is 2.15 bits per heavy atom. The maximum Gasteiger partial charge on any atom is 0.257 e. The molecule has 0 saturated heterocycles. The maximum atomic E-state index is 11.8. The third kappa shape index (κ3) is 7.28. The summed E-state index contributed by atoms with van der Waals surface area (Å²) < 4.78 is 33.3. The molecule has 2 aromatic rings. The quantitative estimate of drug-likeness (QED) is 0.642. The predicted molar refractivity (Wildman–Crippen MR) is 102 cm³/mol. The summed E-state index contributed by atoms with van der Waals surface area (Å²) in [5.41, 5.74) is 0.895. The first-order valence-corrected chi connectivity index (χ1v) is 10.2. The van der Waals surface area contributed by atoms with Gasteiger partial charge in [0.1, 0.15) is 11.5 Å². The molecule has 0 aliphatic carbocycles. The number of ether oxygens (including phenoxy) is 2. The van der Waals surface area contributed by atoms with E-state index in [2.05, 4.69) is 5.32 Å². The van der Waals surface area contributed by atoms with Crippen LogP contribution in [0.1, 0.15) is 18.9 Å². The lowest BCUT2D eigenvalue weighted by molar-refractivity contribution is -0.123. The molecule has 0 heterocycles. The van der Waals surface area contributed by atoms with E-state index in [1.165, 1.54) is 12.1 Å². The summed E-state index contributed by atoms with van der Waals surface area (Å²) in [6.45, 7) is 3.03. The van der Waals surface area contributed by atoms with Crippen LogP contribution in [0.25, 0.3) is 0 Å². The van der Waals surface area contributed by atoms with Crippen LogP contribution in [-0.2, 0) is 21.2 Å². The van der Waals surface area contributed by atoms with Crippen LogP contribution >= 0.6 is 0 Å². The molecule has 8 heteroatoms. The van der Waals surface area contributed by atoms with Gasteiger partial charge >= 0.3 is 0 Å². The Bertz CT molecular complexity index is 833. The number of benzene rings is 2. The molecule has 1 amide bonds. The Labute approximate surface area is 159 Å². The topological polar surface area (TPSA) is 108 Å². The van der Waals surface area contributed by atoms with Gasteiger partial charge in [-0.25, -0.2) is 13.6 Å². The number of carbonyl (C=O) groups is 1. The summed E-state index contributed by atoms with van der Waals surface area (Å²) in [7, 11) is -3.69. The fraction of sp³-hybridized carbons (Fsp3) is 0.316. The number of nitrogens with one attached hydrogen (secondary N) is 1. The SMILES string of the molecule is CCCOc1ccc(OCC(=O)NCCc2ccc(S(N)(=O)=O)cc2)cc1. The first-order valence-electron chi connectivity index (χ1n) is 8.62. The molecule has 2 rings (SSSR count). The van der Waals surface area contributed by atoms with Crippen LogP contribution < -0.4 is 19.9 Å². The minimum Gasteiger partial charge on any atom is -0.494 e. The van der Waals surface area contributed by atoms with E-state index in [-0.39, 0.29) is 17.4 Å². The number of hydrogen-bond donors (Lipinski definition) is 2. The van der Waals surface area contributed by atoms with Gasteiger partial charge in [-0.2, -0.15) is 0 Å². The molecule has 7 nitrogen and oxygen atoms in total. The summed E-state index contributed by atoms with van der Waals surface area (Å²) in [5, 5.41) is 7.81. The first kappa shape index (κ1) is 20.7. The average molecular weight is 392 g/mol. The fourth-order valence-corrected chi connectivity index (χ4v) is 2.76. The zero-order valence-corrected chi connectivity index (χ0v) is 16.0. The van der Waals surface area contributed by atoms with Gasteiger partial charge in [0.05, 0.1) is 11.5 Å². The molecule has 0 atom stereocenters. The highest BCUT2D eigenvalue weighted by Gasteiger charge is 2.07. The van der Waals surface area contributed by atoms with Crippen LogP contribution in [0.2, 0.25) is 0 Å². The van der Waals surface area contributed by atoms with Gasteiger partial charge in [0.15, 0.2) is 6.61 Å². The van der Waals surface area contributed by atoms with E-state index < -0.39 is 10.0 Å². The van der Waals surface area contributed by atoms with Gasteiger partial charge in [-0.1, -0.05) is 19.1 Å². The smallest absolute Gasteiger partial charge is 0.257 e. The van der Waals surface area contributed by atoms with Gasteiger partial charge in [0.2, 0.25) is 10.0 Å². The van der Waals surface area contributed by atoms with Crippen LogP contribution in [0.15, 0.2) is 53.4 Å². The molecule has 0 saturated carbocycles. The van der Waals surface area contributed by atoms with Crippen LogP contribution in [-0.4, -0.2) is 34.1 Å². The monoisotopic (exact) mass is 392 g/mol. The maximum absolute atomic E-state index is 11.8. The lowest BCUT2D eigenvalue weighted by Gasteiger charge is -2.09. The molecule has 2 aromatic carbocycles. The molecule has 0 radical (unpaired) electrons. The normalized spacial score (nSPS) is 11.0. The third-order valence-corrected chi connectivity index (χ3v) is 4.58. The van der Waals surface area contributed by atoms with E-state index in [9.17, 15) is 13.2 Å². The molecule has 146 valence electrons. The van der Waals surface area contributed by atoms with Crippen molar-refractivity contribution in [3.8, 4) is 11.5 Å². The van der Waals surface area contributed by atoms with Gasteiger partial charge < -0.3 is 14.8 Å². The standard InChI is InChI=1S/C19H24N2O5S/c1-2-13-25-16-5-7-17(8-6-16)26-14-19(22)21-12-11-15-3-9-18(10-4-15)27(20,23)24/h3-10H,2,11-14H2,1H3,(H,21,22)(H2,20,23,24). The molecule has 0 aliphatic rings. The number of rotatable bonds is 10. The summed E-state index contributed by atoms with van der Waals surface area (Å²) in [6.07, 6.45) is 1.51. The van der Waals surface area contributed by atoms with Crippen molar-refractivity contribution < 1.29 is 22.7 Å². The van der Waals surface area contributed by atoms with Crippen molar-refractivity contribution in [2.45, 2.75) is 24.7 Å². The number of hydrogen-bond acceptors (Lipinski definition) is 5. The van der Waals surface area contributed by atoms with Crippen molar-refractivity contribution in [2.75, 3.05) is 19.8 Å². The fourth-order valence-electron chi connectivity index (χ4n) is 2.24. The summed E-state index contributed by atoms with van der Waals surface area (Å²) in [4.78, 5) is 11.9. The molecule has 0 fully saturated rings. The molecule has 3 N–H and O–H groups in total. The number of nitrogens with two attached hydrogens (primary N) is 1. The molecule has 0 spiro atoms. The van der Waals surface area contributed by atoms with E-state index in [1.807, 2.05) is 6.92 Å². The van der Waals surface area contributed by atoms with E-state index in [1.54, 1.807) is 36.4 Å². The largest absolute Gasteiger partial charge is 0.494 e. The number of amides is 1. The lowest BCUT2D eigenvalue weighted by Crippen LogP contribution is -2.30. The highest BCUT2D eigenvalue weighted by Crippen LogP contribution is 2.17. The van der Waals surface area contributed by atoms with E-state index in [4.69, 9.17) is 14.6 Å². The highest BCUT2D eigenvalue weighted by atomic mass is 32.2. The van der Waals surface area contributed by atoms with Gasteiger partial charge in [-0.15, -0.1) is 0 Å². The van der Waals surface area contributed by atoms with Crippen LogP contribution in [0.3, 0.4) is 0 Å². The second-order valence-electron chi connectivity index (χ2n) is 5.90. The van der Waals surface area contributed by atoms with Crippen molar-refractivity contribution >= 4 is 15.9 Å². The Hall–Kier alpha value is -2.58. The Morgan fingerprint density at radius 2 is 1.59 bits per heavy atom. The van der Waals surface area contributed by atoms with Gasteiger partial charge in [0.25, 0.3) is 5.91 Å². The molecule has 0 aromatic heterocycles. The summed E-state index contributed by atoms with van der Waals surface area (Å²) in [5.74, 6) is 1.12. The van der Waals surface area contributed by atoms with Crippen molar-refractivity contribution in [1.29, 1.82) is 0 Å². The highest BCUT2D eigenvalue weighted by molar-refractivity contribution is 7.89. The number of carbonyl (C=O) groups excluding carboxylic acids is 1. The number of sulfonamides is 1. The minimum absolute atomic E-state index is 0.0646. The lowest BCUT2D eigenvalue weighted by atomic mass is 10.1. The van der Waals surface area contributed by atoms with E-state index >= 15 is 0 Å². The van der Waals surface area contributed by atoms with Gasteiger partial charge in [-0.05, 0) is 54.8 Å². The Morgan fingerprint density at radius 1 is 1.00 bits per heavy atom. The molecule has 0 aliphatic heterocycles. The zero-order chi connectivity index (χ0) is 19.7. The summed E-state index contributed by atoms with van der Waals surface area (Å²) >= 11 is 0. The zero-order valence-electron chi connectivity index (χ0n) is 15.2. The van der Waals surface area contributed by atoms with Crippen LogP contribution in [0, 0.1) is 0 Å². The van der Waals surface area contributed by atoms with Crippen molar-refractivity contribution in [3.05, 3.63) is 54.1 Å². The van der Waals surface area contributed by atoms with Crippen LogP contribution in [0.5, 0.6) is 11.5 Å². The van der Waals surface area contributed by atoms with Gasteiger partial charge in [-0.3, -0.25) is 4.79 Å². The van der Waals surface area contributed by atoms with E-state index in [0.29, 0.717) is 25.3 Å². The minimum atomic E-state index is -3.69. The Balaban J connectivity index is 1.70. The molecule has 27 heavy (non-hydrogen) atoms. The average Bonchev–Trinajstić information content (AvgIpc) is 2.65. The Kier molecular flexibility index (Phi) is 7.63. The van der Waals surface area contributed by atoms with Gasteiger partial charge in [0, 0.05) is 6.54 Å². The third-order valence-electron chi connectivity index (χ3n) is 3.65. The van der Waals surface area contributed by atoms with E-state index in [0.717, 1.165) is 17.7 Å². The number of primary sulfonamides is 1. The summed E-state index contributed by atoms with van der Waals surface area (Å²) in [6, 6.07) is 13.3. The predicted octanol–water partition coefficient (Wildman–Crippen LogP) is 1.86. The second kappa shape index (κ2) is 9.94. The van der Waals surface area contributed by atoms with Crippen molar-refractivity contribution in [1.82, 2.24) is 5.32 Å². The van der Waals surface area contributed by atoms with Crippen LogP contribution in [0.4, 0.5) is 0 Å².